The predicted molar refractivity (Wildman–Crippen MR) is 134 cm³/mol. The first-order valence-corrected chi connectivity index (χ1v) is 12.4. The second kappa shape index (κ2) is 11.6. The molecule has 3 aromatic rings. The first-order valence-electron chi connectivity index (χ1n) is 12.0. The molecule has 1 aromatic heterocycles. The van der Waals surface area contributed by atoms with Crippen LogP contribution in [0.25, 0.3) is 10.9 Å². The number of ether oxygens (including phenoxy) is 2. The number of benzene rings is 2. The number of fused-ring (bicyclic) bond motifs is 1. The van der Waals surface area contributed by atoms with Gasteiger partial charge in [-0.15, -0.1) is 0 Å². The smallest absolute Gasteiger partial charge is 0.309 e. The second-order valence-electron chi connectivity index (χ2n) is 9.29. The molecular weight excluding hydrogens is 509 g/mol. The van der Waals surface area contributed by atoms with Crippen LogP contribution in [0.15, 0.2) is 42.6 Å². The minimum atomic E-state index is -1.47. The van der Waals surface area contributed by atoms with Crippen molar-refractivity contribution in [3.63, 3.8) is 0 Å². The fraction of sp³-hybridized carbons (Fsp3) is 0.407. The molecule has 0 saturated carbocycles. The third kappa shape index (κ3) is 6.27. The van der Waals surface area contributed by atoms with Crippen molar-refractivity contribution >= 4 is 28.5 Å². The molecular formula is C27H28ClF3N2O4. The number of carboxylic acid groups (broad SMARTS) is 1. The predicted octanol–water partition coefficient (Wildman–Crippen LogP) is 6.21. The quantitative estimate of drug-likeness (QED) is 0.332. The molecule has 1 atom stereocenters. The Kier molecular flexibility index (Phi) is 8.44. The maximum atomic E-state index is 15.6. The topological polar surface area (TPSA) is 71.9 Å². The Balaban J connectivity index is 1.37. The number of halogens is 4. The number of nitrogens with zero attached hydrogens (tertiary/aromatic N) is 2. The van der Waals surface area contributed by atoms with Crippen LogP contribution in [0.1, 0.15) is 37.4 Å². The Labute approximate surface area is 218 Å². The largest absolute Gasteiger partial charge is 0.497 e. The first-order chi connectivity index (χ1) is 17.7. The van der Waals surface area contributed by atoms with Gasteiger partial charge in [-0.25, -0.2) is 13.2 Å². The summed E-state index contributed by atoms with van der Waals surface area (Å²) in [6.45, 7) is 1.65. The van der Waals surface area contributed by atoms with Crippen molar-refractivity contribution in [2.45, 2.75) is 31.9 Å². The SMILES string of the molecule is COc1ccc2ncc(Cl)c([C@@H](F)CCC3(C(=O)O)CCN(CCOc4cc(F)cc(F)c4)CC3)c2c1. The van der Waals surface area contributed by atoms with E-state index >= 15 is 4.39 Å². The number of methoxy groups -OCH3 is 1. The molecule has 0 amide bonds. The number of carbonyl (C=O) groups is 1. The Bertz CT molecular complexity index is 1250. The van der Waals surface area contributed by atoms with Crippen LogP contribution < -0.4 is 9.47 Å². The van der Waals surface area contributed by atoms with E-state index in [0.717, 1.165) is 18.2 Å². The van der Waals surface area contributed by atoms with Gasteiger partial charge in [0.1, 0.15) is 35.9 Å². The first kappa shape index (κ1) is 27.0. The molecule has 4 rings (SSSR count). The highest BCUT2D eigenvalue weighted by atomic mass is 35.5. The molecule has 198 valence electrons. The second-order valence-corrected chi connectivity index (χ2v) is 9.70. The van der Waals surface area contributed by atoms with Crippen LogP contribution in [-0.2, 0) is 4.79 Å². The Morgan fingerprint density at radius 1 is 1.16 bits per heavy atom. The lowest BCUT2D eigenvalue weighted by Crippen LogP contribution is -2.45. The summed E-state index contributed by atoms with van der Waals surface area (Å²) in [6, 6.07) is 8.13. The van der Waals surface area contributed by atoms with E-state index in [1.54, 1.807) is 18.2 Å². The van der Waals surface area contributed by atoms with E-state index in [1.165, 1.54) is 13.3 Å². The van der Waals surface area contributed by atoms with Crippen molar-refractivity contribution in [1.82, 2.24) is 9.88 Å². The zero-order valence-corrected chi connectivity index (χ0v) is 21.1. The molecule has 2 heterocycles. The number of hydrogen-bond acceptors (Lipinski definition) is 5. The van der Waals surface area contributed by atoms with E-state index in [1.807, 2.05) is 4.90 Å². The Morgan fingerprint density at radius 2 is 1.86 bits per heavy atom. The number of likely N-dealkylation sites (tertiary alicyclic amines) is 1. The minimum absolute atomic E-state index is 0.00338. The highest BCUT2D eigenvalue weighted by Gasteiger charge is 2.41. The normalized spacial score (nSPS) is 16.5. The summed E-state index contributed by atoms with van der Waals surface area (Å²) in [5, 5.41) is 10.8. The monoisotopic (exact) mass is 536 g/mol. The zero-order valence-electron chi connectivity index (χ0n) is 20.4. The van der Waals surface area contributed by atoms with Gasteiger partial charge in [-0.2, -0.15) is 0 Å². The van der Waals surface area contributed by atoms with E-state index in [2.05, 4.69) is 4.98 Å². The molecule has 1 aliphatic heterocycles. The van der Waals surface area contributed by atoms with Crippen LogP contribution in [0.5, 0.6) is 11.5 Å². The summed E-state index contributed by atoms with van der Waals surface area (Å²) in [5.41, 5.74) is -0.192. The number of aromatic nitrogens is 1. The maximum Gasteiger partial charge on any atom is 0.309 e. The lowest BCUT2D eigenvalue weighted by atomic mass is 9.74. The van der Waals surface area contributed by atoms with Gasteiger partial charge in [0.2, 0.25) is 0 Å². The van der Waals surface area contributed by atoms with Crippen LogP contribution >= 0.6 is 11.6 Å². The van der Waals surface area contributed by atoms with E-state index in [-0.39, 0.29) is 35.8 Å². The lowest BCUT2D eigenvalue weighted by Gasteiger charge is -2.39. The number of aliphatic carboxylic acids is 1. The van der Waals surface area contributed by atoms with Crippen LogP contribution in [-0.4, -0.2) is 54.3 Å². The van der Waals surface area contributed by atoms with Crippen molar-refractivity contribution in [2.24, 2.45) is 5.41 Å². The van der Waals surface area contributed by atoms with Gasteiger partial charge in [0, 0.05) is 41.9 Å². The molecule has 37 heavy (non-hydrogen) atoms. The number of hydrogen-bond donors (Lipinski definition) is 1. The van der Waals surface area contributed by atoms with E-state index in [4.69, 9.17) is 21.1 Å². The molecule has 1 saturated heterocycles. The number of piperidine rings is 1. The van der Waals surface area contributed by atoms with Gasteiger partial charge in [0.05, 0.1) is 23.1 Å². The van der Waals surface area contributed by atoms with Gasteiger partial charge in [-0.3, -0.25) is 14.7 Å². The van der Waals surface area contributed by atoms with Gasteiger partial charge in [-0.05, 0) is 57.0 Å². The fourth-order valence-corrected chi connectivity index (χ4v) is 5.11. The minimum Gasteiger partial charge on any atom is -0.497 e. The Morgan fingerprint density at radius 3 is 2.51 bits per heavy atom. The number of alkyl halides is 1. The summed E-state index contributed by atoms with van der Waals surface area (Å²) in [5.74, 6) is -1.73. The third-order valence-electron chi connectivity index (χ3n) is 7.04. The van der Waals surface area contributed by atoms with Crippen molar-refractivity contribution in [2.75, 3.05) is 33.4 Å². The average Bonchev–Trinajstić information content (AvgIpc) is 2.87. The average molecular weight is 537 g/mol. The number of rotatable bonds is 10. The summed E-state index contributed by atoms with van der Waals surface area (Å²) in [6.07, 6.45) is 0.783. The zero-order chi connectivity index (χ0) is 26.6. The molecule has 1 aliphatic rings. The highest BCUT2D eigenvalue weighted by molar-refractivity contribution is 6.32. The van der Waals surface area contributed by atoms with Crippen molar-refractivity contribution in [3.05, 3.63) is 64.8 Å². The molecule has 0 aliphatic carbocycles. The van der Waals surface area contributed by atoms with Gasteiger partial charge in [-0.1, -0.05) is 11.6 Å². The van der Waals surface area contributed by atoms with Crippen molar-refractivity contribution in [3.8, 4) is 11.5 Å². The number of pyridine rings is 1. The molecule has 10 heteroatoms. The highest BCUT2D eigenvalue weighted by Crippen LogP contribution is 2.42. The van der Waals surface area contributed by atoms with Gasteiger partial charge >= 0.3 is 5.97 Å². The van der Waals surface area contributed by atoms with E-state index < -0.39 is 29.2 Å². The maximum absolute atomic E-state index is 15.6. The summed E-state index contributed by atoms with van der Waals surface area (Å²) in [7, 11) is 1.52. The van der Waals surface area contributed by atoms with Crippen molar-refractivity contribution < 1.29 is 32.5 Å². The number of carboxylic acids is 1. The summed E-state index contributed by atoms with van der Waals surface area (Å²) in [4.78, 5) is 18.6. The van der Waals surface area contributed by atoms with Crippen LogP contribution in [0.4, 0.5) is 13.2 Å². The summed E-state index contributed by atoms with van der Waals surface area (Å²) >= 11 is 6.32. The van der Waals surface area contributed by atoms with E-state index in [9.17, 15) is 18.7 Å². The lowest BCUT2D eigenvalue weighted by molar-refractivity contribution is -0.153. The molecule has 2 aromatic carbocycles. The van der Waals surface area contributed by atoms with E-state index in [0.29, 0.717) is 49.1 Å². The standard InChI is InChI=1S/C27H28ClF3N2O4/c1-36-19-2-3-24-21(15-19)25(22(28)16-32-24)23(31)4-5-27(26(34)35)6-8-33(9-7-27)10-11-37-20-13-17(29)12-18(30)14-20/h2-3,12-16,23H,4-11H2,1H3,(H,34,35)/t23-/m0/s1. The van der Waals surface area contributed by atoms with Gasteiger partial charge in [0.25, 0.3) is 0 Å². The molecule has 1 fully saturated rings. The van der Waals surface area contributed by atoms with Crippen LogP contribution in [0.2, 0.25) is 5.02 Å². The van der Waals surface area contributed by atoms with Gasteiger partial charge in [0.15, 0.2) is 0 Å². The van der Waals surface area contributed by atoms with Crippen LogP contribution in [0.3, 0.4) is 0 Å². The molecule has 0 bridgehead atoms. The molecule has 6 nitrogen and oxygen atoms in total. The molecule has 0 spiro atoms. The van der Waals surface area contributed by atoms with Crippen LogP contribution in [0, 0.1) is 17.0 Å². The molecule has 0 radical (unpaired) electrons. The molecule has 0 unspecified atom stereocenters. The third-order valence-corrected chi connectivity index (χ3v) is 7.34. The molecule has 1 N–H and O–H groups in total. The fourth-order valence-electron chi connectivity index (χ4n) is 4.84. The van der Waals surface area contributed by atoms with Gasteiger partial charge < -0.3 is 14.6 Å². The Hall–Kier alpha value is -3.04. The summed E-state index contributed by atoms with van der Waals surface area (Å²) < 4.78 is 52.9. The van der Waals surface area contributed by atoms with Crippen molar-refractivity contribution in [1.29, 1.82) is 0 Å².